The fraction of sp³-hybridized carbons (Fsp3) is 0.462. The highest BCUT2D eigenvalue weighted by Gasteiger charge is 2.39. The van der Waals surface area contributed by atoms with Crippen LogP contribution in [0.3, 0.4) is 0 Å². The predicted molar refractivity (Wildman–Crippen MR) is 126 cm³/mol. The Balaban J connectivity index is 1.87. The highest BCUT2D eigenvalue weighted by Crippen LogP contribution is 2.45. The van der Waals surface area contributed by atoms with Crippen LogP contribution in [0.25, 0.3) is 5.57 Å². The van der Waals surface area contributed by atoms with Crippen LogP contribution in [0.15, 0.2) is 49.0 Å². The van der Waals surface area contributed by atoms with Crippen molar-refractivity contribution in [3.8, 4) is 11.5 Å². The zero-order valence-corrected chi connectivity index (χ0v) is 19.9. The Kier molecular flexibility index (Phi) is 5.75. The summed E-state index contributed by atoms with van der Waals surface area (Å²) in [5.41, 5.74) is 4.70. The van der Waals surface area contributed by atoms with E-state index in [0.29, 0.717) is 5.75 Å². The van der Waals surface area contributed by atoms with Gasteiger partial charge in [0.15, 0.2) is 0 Å². The van der Waals surface area contributed by atoms with Crippen molar-refractivity contribution >= 4 is 13.9 Å². The molecule has 1 unspecified atom stereocenters. The highest BCUT2D eigenvalue weighted by molar-refractivity contribution is 6.74. The van der Waals surface area contributed by atoms with E-state index in [0.717, 1.165) is 36.1 Å². The first kappa shape index (κ1) is 21.7. The summed E-state index contributed by atoms with van der Waals surface area (Å²) in [5, 5.41) is 10.4. The van der Waals surface area contributed by atoms with Gasteiger partial charge >= 0.3 is 0 Å². The van der Waals surface area contributed by atoms with Gasteiger partial charge in [-0.05, 0) is 84.1 Å². The molecule has 3 heteroatoms. The van der Waals surface area contributed by atoms with Gasteiger partial charge in [-0.3, -0.25) is 0 Å². The molecule has 0 amide bonds. The van der Waals surface area contributed by atoms with Crippen molar-refractivity contribution < 1.29 is 9.53 Å². The Bertz CT molecular complexity index is 907. The lowest BCUT2D eigenvalue weighted by Gasteiger charge is -2.39. The van der Waals surface area contributed by atoms with Crippen molar-refractivity contribution in [3.05, 3.63) is 65.7 Å². The van der Waals surface area contributed by atoms with Gasteiger partial charge in [0.1, 0.15) is 11.5 Å². The van der Waals surface area contributed by atoms with E-state index in [1.807, 2.05) is 18.2 Å². The first-order valence-corrected chi connectivity index (χ1v) is 13.6. The first-order valence-electron chi connectivity index (χ1n) is 10.7. The summed E-state index contributed by atoms with van der Waals surface area (Å²) in [6.07, 6.45) is 4.25. The monoisotopic (exact) mass is 408 g/mol. The summed E-state index contributed by atoms with van der Waals surface area (Å²) in [5.74, 6) is 1.33. The Morgan fingerprint density at radius 1 is 1.17 bits per heavy atom. The third kappa shape index (κ3) is 4.45. The summed E-state index contributed by atoms with van der Waals surface area (Å²) in [6.45, 7) is 18.1. The summed E-state index contributed by atoms with van der Waals surface area (Å²) >= 11 is 0. The maximum absolute atomic E-state index is 10.2. The molecule has 0 bridgehead atoms. The molecule has 0 aromatic heterocycles. The second kappa shape index (κ2) is 7.68. The molecule has 0 heterocycles. The standard InChI is InChI=1S/C26H36O2Si/c1-19(22-12-8-9-13-24(22)27)18-26(5)16-10-11-20-17-21(14-15-23(20)26)28-29(6,7)25(2,3)4/h8-9,12-15,17,27H,1,10-11,16,18H2,2-7H3. The van der Waals surface area contributed by atoms with Gasteiger partial charge < -0.3 is 9.53 Å². The van der Waals surface area contributed by atoms with E-state index in [-0.39, 0.29) is 10.5 Å². The largest absolute Gasteiger partial charge is 0.543 e. The van der Waals surface area contributed by atoms with Crippen LogP contribution < -0.4 is 4.43 Å². The second-order valence-corrected chi connectivity index (χ2v) is 15.1. The van der Waals surface area contributed by atoms with Crippen molar-refractivity contribution in [2.75, 3.05) is 0 Å². The van der Waals surface area contributed by atoms with Crippen molar-refractivity contribution in [2.45, 2.75) is 76.9 Å². The first-order chi connectivity index (χ1) is 13.4. The van der Waals surface area contributed by atoms with Gasteiger partial charge in [-0.2, -0.15) is 0 Å². The molecule has 2 nitrogen and oxygen atoms in total. The zero-order chi connectivity index (χ0) is 21.4. The average Bonchev–Trinajstić information content (AvgIpc) is 2.60. The van der Waals surface area contributed by atoms with E-state index in [2.05, 4.69) is 65.6 Å². The minimum atomic E-state index is -1.85. The zero-order valence-electron chi connectivity index (χ0n) is 18.9. The fourth-order valence-corrected chi connectivity index (χ4v) is 5.23. The van der Waals surface area contributed by atoms with Crippen LogP contribution in [0.5, 0.6) is 11.5 Å². The number of para-hydroxylation sites is 1. The van der Waals surface area contributed by atoms with E-state index >= 15 is 0 Å². The van der Waals surface area contributed by atoms with Crippen LogP contribution in [0.1, 0.15) is 63.6 Å². The number of hydrogen-bond donors (Lipinski definition) is 1. The maximum Gasteiger partial charge on any atom is 0.250 e. The molecule has 2 aromatic rings. The van der Waals surface area contributed by atoms with Crippen molar-refractivity contribution in [2.24, 2.45) is 0 Å². The molecule has 0 saturated heterocycles. The van der Waals surface area contributed by atoms with Crippen molar-refractivity contribution in [3.63, 3.8) is 0 Å². The maximum atomic E-state index is 10.2. The summed E-state index contributed by atoms with van der Waals surface area (Å²) in [7, 11) is -1.85. The minimum absolute atomic E-state index is 0.0302. The number of allylic oxidation sites excluding steroid dienone is 1. The fourth-order valence-electron chi connectivity index (χ4n) is 4.20. The van der Waals surface area contributed by atoms with Crippen LogP contribution in [0.4, 0.5) is 0 Å². The topological polar surface area (TPSA) is 29.5 Å². The van der Waals surface area contributed by atoms with Crippen LogP contribution in [0, 0.1) is 0 Å². The number of phenols is 1. The second-order valence-electron chi connectivity index (χ2n) is 10.4. The summed E-state index contributed by atoms with van der Waals surface area (Å²) in [4.78, 5) is 0. The molecule has 0 fully saturated rings. The lowest BCUT2D eigenvalue weighted by Crippen LogP contribution is -2.43. The molecule has 1 aliphatic rings. The van der Waals surface area contributed by atoms with Gasteiger partial charge in [0.05, 0.1) is 0 Å². The molecule has 0 aliphatic heterocycles. The quantitative estimate of drug-likeness (QED) is 0.520. The van der Waals surface area contributed by atoms with Gasteiger partial charge in [0, 0.05) is 5.56 Å². The van der Waals surface area contributed by atoms with Gasteiger partial charge in [0.25, 0.3) is 0 Å². The highest BCUT2D eigenvalue weighted by atomic mass is 28.4. The summed E-state index contributed by atoms with van der Waals surface area (Å²) < 4.78 is 6.55. The normalized spacial score (nSPS) is 19.5. The number of fused-ring (bicyclic) bond motifs is 1. The molecule has 3 rings (SSSR count). The van der Waals surface area contributed by atoms with Crippen LogP contribution in [-0.4, -0.2) is 13.4 Å². The lowest BCUT2D eigenvalue weighted by molar-refractivity contribution is 0.400. The molecule has 0 saturated carbocycles. The van der Waals surface area contributed by atoms with E-state index in [1.165, 1.54) is 17.5 Å². The van der Waals surface area contributed by atoms with Gasteiger partial charge in [0.2, 0.25) is 8.32 Å². The van der Waals surface area contributed by atoms with Gasteiger partial charge in [-0.25, -0.2) is 0 Å². The number of rotatable bonds is 5. The molecular weight excluding hydrogens is 372 g/mol. The average molecular weight is 409 g/mol. The van der Waals surface area contributed by atoms with E-state index in [4.69, 9.17) is 4.43 Å². The van der Waals surface area contributed by atoms with Crippen LogP contribution in [-0.2, 0) is 11.8 Å². The molecular formula is C26H36O2Si. The number of hydrogen-bond acceptors (Lipinski definition) is 2. The Morgan fingerprint density at radius 2 is 1.86 bits per heavy atom. The Morgan fingerprint density at radius 3 is 2.52 bits per heavy atom. The number of benzene rings is 2. The molecule has 156 valence electrons. The molecule has 0 spiro atoms. The third-order valence-electron chi connectivity index (χ3n) is 6.97. The number of aryl methyl sites for hydroxylation is 1. The Hall–Kier alpha value is -2.00. The van der Waals surface area contributed by atoms with Crippen molar-refractivity contribution in [1.82, 2.24) is 0 Å². The van der Waals surface area contributed by atoms with E-state index in [1.54, 1.807) is 6.07 Å². The molecule has 0 radical (unpaired) electrons. The third-order valence-corrected chi connectivity index (χ3v) is 11.3. The van der Waals surface area contributed by atoms with Gasteiger partial charge in [-0.15, -0.1) is 0 Å². The molecule has 1 N–H and O–H groups in total. The van der Waals surface area contributed by atoms with Crippen LogP contribution in [0.2, 0.25) is 18.1 Å². The predicted octanol–water partition coefficient (Wildman–Crippen LogP) is 7.47. The minimum Gasteiger partial charge on any atom is -0.543 e. The van der Waals surface area contributed by atoms with E-state index < -0.39 is 8.32 Å². The lowest BCUT2D eigenvalue weighted by atomic mass is 9.67. The van der Waals surface area contributed by atoms with Crippen molar-refractivity contribution in [1.29, 1.82) is 0 Å². The molecule has 29 heavy (non-hydrogen) atoms. The van der Waals surface area contributed by atoms with Crippen LogP contribution >= 0.6 is 0 Å². The van der Waals surface area contributed by atoms with Gasteiger partial charge in [-0.1, -0.05) is 58.5 Å². The smallest absolute Gasteiger partial charge is 0.250 e. The number of aromatic hydroxyl groups is 1. The summed E-state index contributed by atoms with van der Waals surface area (Å²) in [6, 6.07) is 14.2. The number of phenolic OH excluding ortho intramolecular Hbond substituents is 1. The SMILES string of the molecule is C=C(CC1(C)CCCc2cc(O[Si](C)(C)C(C)(C)C)ccc21)c1ccccc1O. The molecule has 2 aromatic carbocycles. The molecule has 1 atom stereocenters. The Labute approximate surface area is 177 Å². The molecule has 1 aliphatic carbocycles. The van der Waals surface area contributed by atoms with E-state index in [9.17, 15) is 5.11 Å².